The molecule has 1 aromatic rings. The minimum Gasteiger partial charge on any atom is -0.481 e. The van der Waals surface area contributed by atoms with Crippen molar-refractivity contribution in [2.45, 2.75) is 37.1 Å². The highest BCUT2D eigenvalue weighted by Gasteiger charge is 2.33. The van der Waals surface area contributed by atoms with E-state index >= 15 is 0 Å². The second-order valence-electron chi connectivity index (χ2n) is 5.18. The molecule has 1 saturated heterocycles. The van der Waals surface area contributed by atoms with Crippen LogP contribution >= 0.6 is 0 Å². The molecule has 0 bridgehead atoms. The van der Waals surface area contributed by atoms with E-state index in [1.807, 2.05) is 0 Å². The van der Waals surface area contributed by atoms with Gasteiger partial charge in [0, 0.05) is 12.0 Å². The number of benzene rings is 1. The fraction of sp³-hybridized carbons (Fsp3) is 0.500. The number of hydrogen-bond donors (Lipinski definition) is 2. The highest BCUT2D eigenvalue weighted by atomic mass is 19.4. The number of ether oxygens (including phenoxy) is 1. The predicted octanol–water partition coefficient (Wildman–Crippen LogP) is 2.38. The molecule has 0 radical (unpaired) electrons. The molecule has 0 amide bonds. The topological polar surface area (TPSA) is 72.5 Å². The normalized spacial score (nSPS) is 26.6. The minimum absolute atomic E-state index is 0.135. The maximum absolute atomic E-state index is 12.5. The summed E-state index contributed by atoms with van der Waals surface area (Å²) in [6, 6.07) is 4.48. The molecule has 3 unspecified atom stereocenters. The predicted molar refractivity (Wildman–Crippen MR) is 68.8 cm³/mol. The van der Waals surface area contributed by atoms with Crippen molar-refractivity contribution in [2.24, 2.45) is 5.73 Å². The molecular weight excluding hydrogens is 287 g/mol. The summed E-state index contributed by atoms with van der Waals surface area (Å²) in [5.74, 6) is -1.17. The van der Waals surface area contributed by atoms with Gasteiger partial charge in [-0.1, -0.05) is 12.1 Å². The molecule has 1 aliphatic rings. The third-order valence-electron chi connectivity index (χ3n) is 3.63. The van der Waals surface area contributed by atoms with Crippen molar-refractivity contribution in [1.82, 2.24) is 0 Å². The average molecular weight is 303 g/mol. The maximum Gasteiger partial charge on any atom is 0.416 e. The summed E-state index contributed by atoms with van der Waals surface area (Å²) in [5.41, 5.74) is 5.89. The molecule has 0 spiro atoms. The maximum atomic E-state index is 12.5. The zero-order valence-corrected chi connectivity index (χ0v) is 11.1. The zero-order chi connectivity index (χ0) is 15.6. The standard InChI is InChI=1S/C14H16F3NO3/c15-14(16,17)9-3-1-8(2-4-9)11-5-10(6-13(19)20)21-7-12(11)18/h1-4,10-12H,5-7,18H2,(H,19,20). The van der Waals surface area contributed by atoms with Crippen molar-refractivity contribution < 1.29 is 27.8 Å². The van der Waals surface area contributed by atoms with Crippen LogP contribution in [0.3, 0.4) is 0 Å². The fourth-order valence-corrected chi connectivity index (χ4v) is 2.53. The van der Waals surface area contributed by atoms with E-state index in [-0.39, 0.29) is 25.0 Å². The van der Waals surface area contributed by atoms with Gasteiger partial charge in [0.25, 0.3) is 0 Å². The third-order valence-corrected chi connectivity index (χ3v) is 3.63. The van der Waals surface area contributed by atoms with Gasteiger partial charge in [-0.3, -0.25) is 4.79 Å². The molecule has 4 nitrogen and oxygen atoms in total. The lowest BCUT2D eigenvalue weighted by Gasteiger charge is -2.34. The largest absolute Gasteiger partial charge is 0.481 e. The zero-order valence-electron chi connectivity index (χ0n) is 11.1. The van der Waals surface area contributed by atoms with Gasteiger partial charge in [-0.2, -0.15) is 13.2 Å². The number of carboxylic acid groups (broad SMARTS) is 1. The number of carboxylic acids is 1. The number of rotatable bonds is 3. The lowest BCUT2D eigenvalue weighted by atomic mass is 9.84. The smallest absolute Gasteiger partial charge is 0.416 e. The van der Waals surface area contributed by atoms with Crippen LogP contribution in [0.4, 0.5) is 13.2 Å². The van der Waals surface area contributed by atoms with Crippen molar-refractivity contribution in [3.63, 3.8) is 0 Å². The van der Waals surface area contributed by atoms with E-state index in [1.165, 1.54) is 12.1 Å². The minimum atomic E-state index is -4.37. The molecular formula is C14H16F3NO3. The third kappa shape index (κ3) is 3.95. The molecule has 1 aliphatic heterocycles. The highest BCUT2D eigenvalue weighted by molar-refractivity contribution is 5.67. The summed E-state index contributed by atoms with van der Waals surface area (Å²) in [6.45, 7) is 0.198. The Morgan fingerprint density at radius 2 is 1.95 bits per heavy atom. The van der Waals surface area contributed by atoms with Crippen molar-refractivity contribution >= 4 is 5.97 Å². The summed E-state index contributed by atoms with van der Waals surface area (Å²) in [6.07, 6.45) is -4.58. The van der Waals surface area contributed by atoms with Crippen LogP contribution < -0.4 is 5.73 Å². The first-order chi connectivity index (χ1) is 9.77. The van der Waals surface area contributed by atoms with Crippen LogP contribution in [-0.2, 0) is 15.7 Å². The SMILES string of the molecule is NC1COC(CC(=O)O)CC1c1ccc(C(F)(F)F)cc1. The number of carbonyl (C=O) groups is 1. The number of hydrogen-bond acceptors (Lipinski definition) is 3. The van der Waals surface area contributed by atoms with Gasteiger partial charge < -0.3 is 15.6 Å². The number of alkyl halides is 3. The summed E-state index contributed by atoms with van der Waals surface area (Å²) in [7, 11) is 0. The van der Waals surface area contributed by atoms with Gasteiger partial charge in [0.15, 0.2) is 0 Å². The lowest BCUT2D eigenvalue weighted by molar-refractivity contribution is -0.141. The molecule has 1 aromatic carbocycles. The van der Waals surface area contributed by atoms with E-state index in [2.05, 4.69) is 0 Å². The Balaban J connectivity index is 2.13. The van der Waals surface area contributed by atoms with E-state index < -0.39 is 23.8 Å². The summed E-state index contributed by atoms with van der Waals surface area (Å²) >= 11 is 0. The lowest BCUT2D eigenvalue weighted by Crippen LogP contribution is -2.42. The van der Waals surface area contributed by atoms with Gasteiger partial charge in [-0.25, -0.2) is 0 Å². The van der Waals surface area contributed by atoms with Crippen molar-refractivity contribution in [2.75, 3.05) is 6.61 Å². The Hall–Kier alpha value is -1.60. The van der Waals surface area contributed by atoms with Gasteiger partial charge in [0.2, 0.25) is 0 Å². The fourth-order valence-electron chi connectivity index (χ4n) is 2.53. The van der Waals surface area contributed by atoms with Crippen LogP contribution in [0.1, 0.15) is 29.9 Å². The van der Waals surface area contributed by atoms with Crippen LogP contribution in [0, 0.1) is 0 Å². The Labute approximate surface area is 119 Å². The van der Waals surface area contributed by atoms with Crippen molar-refractivity contribution in [3.05, 3.63) is 35.4 Å². The Morgan fingerprint density at radius 3 is 2.48 bits per heavy atom. The van der Waals surface area contributed by atoms with Gasteiger partial charge in [0.05, 0.1) is 24.7 Å². The van der Waals surface area contributed by atoms with Crippen molar-refractivity contribution in [3.8, 4) is 0 Å². The quantitative estimate of drug-likeness (QED) is 0.899. The second-order valence-corrected chi connectivity index (χ2v) is 5.18. The second kappa shape index (κ2) is 6.03. The monoisotopic (exact) mass is 303 g/mol. The van der Waals surface area contributed by atoms with E-state index in [9.17, 15) is 18.0 Å². The van der Waals surface area contributed by atoms with Gasteiger partial charge in [-0.15, -0.1) is 0 Å². The molecule has 2 rings (SSSR count). The van der Waals surface area contributed by atoms with Crippen molar-refractivity contribution in [1.29, 1.82) is 0 Å². The average Bonchev–Trinajstić information content (AvgIpc) is 2.39. The molecule has 116 valence electrons. The summed E-state index contributed by atoms with van der Waals surface area (Å²) < 4.78 is 42.9. The molecule has 7 heteroatoms. The first-order valence-corrected chi connectivity index (χ1v) is 6.53. The summed E-state index contributed by atoms with van der Waals surface area (Å²) in [4.78, 5) is 10.7. The van der Waals surface area contributed by atoms with Crippen LogP contribution in [0.2, 0.25) is 0 Å². The Kier molecular flexibility index (Phi) is 4.53. The number of nitrogens with two attached hydrogens (primary N) is 1. The van der Waals surface area contributed by atoms with E-state index in [4.69, 9.17) is 15.6 Å². The van der Waals surface area contributed by atoms with E-state index in [0.29, 0.717) is 12.0 Å². The molecule has 0 saturated carbocycles. The molecule has 0 aliphatic carbocycles. The molecule has 1 heterocycles. The number of aliphatic carboxylic acids is 1. The number of halogens is 3. The molecule has 21 heavy (non-hydrogen) atoms. The van der Waals surface area contributed by atoms with Gasteiger partial charge in [0.1, 0.15) is 0 Å². The van der Waals surface area contributed by atoms with Crippen LogP contribution in [0.25, 0.3) is 0 Å². The first kappa shape index (κ1) is 15.8. The molecule has 1 fully saturated rings. The Bertz CT molecular complexity index is 501. The Morgan fingerprint density at radius 1 is 1.33 bits per heavy atom. The van der Waals surface area contributed by atoms with Gasteiger partial charge >= 0.3 is 12.1 Å². The van der Waals surface area contributed by atoms with Crippen LogP contribution in [0.15, 0.2) is 24.3 Å². The highest BCUT2D eigenvalue weighted by Crippen LogP contribution is 2.34. The van der Waals surface area contributed by atoms with Crippen LogP contribution in [0.5, 0.6) is 0 Å². The molecule has 3 atom stereocenters. The van der Waals surface area contributed by atoms with E-state index in [0.717, 1.165) is 12.1 Å². The van der Waals surface area contributed by atoms with Gasteiger partial charge in [-0.05, 0) is 24.1 Å². The summed E-state index contributed by atoms with van der Waals surface area (Å²) in [5, 5.41) is 8.78. The molecule has 0 aromatic heterocycles. The molecule has 3 N–H and O–H groups in total. The van der Waals surface area contributed by atoms with Crippen LogP contribution in [-0.4, -0.2) is 29.8 Å². The first-order valence-electron chi connectivity index (χ1n) is 6.53. The van der Waals surface area contributed by atoms with E-state index in [1.54, 1.807) is 0 Å².